The number of amides is 3. The van der Waals surface area contributed by atoms with Crippen molar-refractivity contribution >= 4 is 35.0 Å². The van der Waals surface area contributed by atoms with Crippen LogP contribution in [0.1, 0.15) is 82.6 Å². The molecule has 1 aromatic carbocycles. The summed E-state index contributed by atoms with van der Waals surface area (Å²) in [6, 6.07) is 4.76. The first-order valence-electron chi connectivity index (χ1n) is 15.0. The highest BCUT2D eigenvalue weighted by Crippen LogP contribution is 2.56. The fraction of sp³-hybridized carbons (Fsp3) is 0.645. The minimum Gasteiger partial charge on any atom is -0.359 e. The molecule has 2 bridgehead atoms. The standard InChI is InChI=1S/C31H40ClN3O4/c1-19-14-15-21(18-23(19)32)34-28(36)25-24-16-17-31(39-24)26(25)30(38)35(22-12-8-3-2-4-9-13-22)27(31)29(37)33-20-10-6-5-7-11-20/h14-18,20,22,24-27H,2-13H2,1H3,(H,33,37)(H,34,36)/t24-,25?,26-,27?,31?/m0/s1. The third-order valence-electron chi connectivity index (χ3n) is 9.72. The van der Waals surface area contributed by atoms with Crippen LogP contribution >= 0.6 is 11.6 Å². The zero-order valence-electron chi connectivity index (χ0n) is 22.8. The van der Waals surface area contributed by atoms with E-state index in [2.05, 4.69) is 10.6 Å². The van der Waals surface area contributed by atoms with Crippen LogP contribution in [-0.2, 0) is 19.1 Å². The summed E-state index contributed by atoms with van der Waals surface area (Å²) in [7, 11) is 0. The number of halogens is 1. The molecule has 5 aliphatic rings. The number of nitrogens with zero attached hydrogens (tertiary/aromatic N) is 1. The quantitative estimate of drug-likeness (QED) is 0.484. The van der Waals surface area contributed by atoms with Crippen molar-refractivity contribution in [3.63, 3.8) is 0 Å². The second kappa shape index (κ2) is 10.9. The highest BCUT2D eigenvalue weighted by molar-refractivity contribution is 6.31. The van der Waals surface area contributed by atoms with Gasteiger partial charge in [-0.15, -0.1) is 0 Å². The SMILES string of the molecule is Cc1ccc(NC(=O)C2[C@@H]3C=CC4(O3)C(C(=O)NC3CCCCC3)N(C3CCCCCCC3)C(=O)[C@H]24)cc1Cl. The van der Waals surface area contributed by atoms with Gasteiger partial charge in [0.1, 0.15) is 11.6 Å². The lowest BCUT2D eigenvalue weighted by atomic mass is 9.74. The summed E-state index contributed by atoms with van der Waals surface area (Å²) in [5.74, 6) is -1.93. The number of fused-ring (bicyclic) bond motifs is 1. The monoisotopic (exact) mass is 553 g/mol. The molecule has 3 amide bonds. The molecule has 5 atom stereocenters. The van der Waals surface area contributed by atoms with Gasteiger partial charge in [0.15, 0.2) is 0 Å². The van der Waals surface area contributed by atoms with Crippen LogP contribution in [0.5, 0.6) is 0 Å². The van der Waals surface area contributed by atoms with Crippen molar-refractivity contribution in [1.29, 1.82) is 0 Å². The number of aryl methyl sites for hydroxylation is 1. The van der Waals surface area contributed by atoms with Crippen LogP contribution in [0.15, 0.2) is 30.4 Å². The number of carbonyl (C=O) groups is 3. The molecule has 3 aliphatic heterocycles. The molecular weight excluding hydrogens is 514 g/mol. The van der Waals surface area contributed by atoms with E-state index in [0.717, 1.165) is 69.8 Å². The van der Waals surface area contributed by atoms with Gasteiger partial charge >= 0.3 is 0 Å². The van der Waals surface area contributed by atoms with Crippen LogP contribution < -0.4 is 10.6 Å². The lowest BCUT2D eigenvalue weighted by Crippen LogP contribution is -2.58. The van der Waals surface area contributed by atoms with Crippen molar-refractivity contribution in [2.75, 3.05) is 5.32 Å². The zero-order chi connectivity index (χ0) is 27.1. The van der Waals surface area contributed by atoms with Crippen LogP contribution in [0.25, 0.3) is 0 Å². The number of benzene rings is 1. The van der Waals surface area contributed by atoms with Gasteiger partial charge in [0.05, 0.1) is 17.9 Å². The Kier molecular flexibility index (Phi) is 7.49. The Hall–Kier alpha value is -2.38. The molecule has 7 nitrogen and oxygen atoms in total. The number of likely N-dealkylation sites (tertiary alicyclic amines) is 1. The maximum atomic E-state index is 14.4. The molecule has 39 heavy (non-hydrogen) atoms. The Morgan fingerprint density at radius 3 is 2.36 bits per heavy atom. The number of hydrogen-bond acceptors (Lipinski definition) is 4. The average molecular weight is 554 g/mol. The summed E-state index contributed by atoms with van der Waals surface area (Å²) in [6.45, 7) is 1.91. The van der Waals surface area contributed by atoms with Gasteiger partial charge in [0, 0.05) is 22.8 Å². The van der Waals surface area contributed by atoms with Crippen LogP contribution in [0.3, 0.4) is 0 Å². The summed E-state index contributed by atoms with van der Waals surface area (Å²) in [5.41, 5.74) is 0.397. The van der Waals surface area contributed by atoms with E-state index in [0.29, 0.717) is 10.7 Å². The molecule has 2 aliphatic carbocycles. The molecule has 1 aromatic rings. The van der Waals surface area contributed by atoms with Gasteiger partial charge in [-0.05, 0) is 50.3 Å². The molecular formula is C31H40ClN3O4. The largest absolute Gasteiger partial charge is 0.359 e. The predicted octanol–water partition coefficient (Wildman–Crippen LogP) is 5.30. The molecule has 2 saturated carbocycles. The van der Waals surface area contributed by atoms with Crippen molar-refractivity contribution in [2.45, 2.75) is 114 Å². The number of anilines is 1. The van der Waals surface area contributed by atoms with E-state index >= 15 is 0 Å². The van der Waals surface area contributed by atoms with Gasteiger partial charge in [-0.25, -0.2) is 0 Å². The summed E-state index contributed by atoms with van der Waals surface area (Å²) < 4.78 is 6.55. The van der Waals surface area contributed by atoms with Gasteiger partial charge in [-0.3, -0.25) is 14.4 Å². The number of rotatable bonds is 5. The summed E-state index contributed by atoms with van der Waals surface area (Å²) in [4.78, 5) is 44.0. The van der Waals surface area contributed by atoms with Crippen LogP contribution in [0.2, 0.25) is 5.02 Å². The molecule has 6 rings (SSSR count). The van der Waals surface area contributed by atoms with Gasteiger partial charge in [0.2, 0.25) is 17.7 Å². The Morgan fingerprint density at radius 1 is 0.974 bits per heavy atom. The van der Waals surface area contributed by atoms with E-state index in [9.17, 15) is 14.4 Å². The van der Waals surface area contributed by atoms with Crippen LogP contribution in [0, 0.1) is 18.8 Å². The first-order valence-corrected chi connectivity index (χ1v) is 15.3. The van der Waals surface area contributed by atoms with Crippen molar-refractivity contribution in [3.8, 4) is 0 Å². The lowest BCUT2D eigenvalue weighted by Gasteiger charge is -2.38. The van der Waals surface area contributed by atoms with Gasteiger partial charge in [0.25, 0.3) is 0 Å². The first kappa shape index (κ1) is 26.8. The fourth-order valence-corrected chi connectivity index (χ4v) is 7.92. The summed E-state index contributed by atoms with van der Waals surface area (Å²) in [6.07, 6.45) is 16.0. The Morgan fingerprint density at radius 2 is 1.64 bits per heavy atom. The molecule has 4 fully saturated rings. The third kappa shape index (κ3) is 4.80. The van der Waals surface area contributed by atoms with Gasteiger partial charge < -0.3 is 20.3 Å². The van der Waals surface area contributed by atoms with E-state index in [1.54, 1.807) is 6.07 Å². The number of carbonyl (C=O) groups excluding carboxylic acids is 3. The Balaban J connectivity index is 1.32. The smallest absolute Gasteiger partial charge is 0.246 e. The maximum absolute atomic E-state index is 14.4. The molecule has 1 spiro atoms. The van der Waals surface area contributed by atoms with E-state index in [-0.39, 0.29) is 29.8 Å². The fourth-order valence-electron chi connectivity index (χ4n) is 7.74. The Bertz CT molecular complexity index is 1160. The highest BCUT2D eigenvalue weighted by Gasteiger charge is 2.73. The van der Waals surface area contributed by atoms with Crippen LogP contribution in [-0.4, -0.2) is 52.5 Å². The molecule has 3 unspecified atom stereocenters. The molecule has 3 heterocycles. The molecule has 2 saturated heterocycles. The first-order chi connectivity index (χ1) is 18.9. The van der Waals surface area contributed by atoms with Gasteiger partial charge in [-0.2, -0.15) is 0 Å². The maximum Gasteiger partial charge on any atom is 0.246 e. The zero-order valence-corrected chi connectivity index (χ0v) is 23.6. The van der Waals surface area contributed by atoms with Gasteiger partial charge in [-0.1, -0.05) is 81.2 Å². The number of ether oxygens (including phenoxy) is 1. The average Bonchev–Trinajstić information content (AvgIpc) is 3.54. The molecule has 8 heteroatoms. The minimum absolute atomic E-state index is 0.0180. The minimum atomic E-state index is -1.12. The normalized spacial score (nSPS) is 33.1. The van der Waals surface area contributed by atoms with E-state index in [1.807, 2.05) is 36.1 Å². The number of hydrogen-bond donors (Lipinski definition) is 2. The van der Waals surface area contributed by atoms with Crippen molar-refractivity contribution in [1.82, 2.24) is 10.2 Å². The van der Waals surface area contributed by atoms with E-state index in [4.69, 9.17) is 16.3 Å². The van der Waals surface area contributed by atoms with Crippen LogP contribution in [0.4, 0.5) is 5.69 Å². The van der Waals surface area contributed by atoms with Crippen molar-refractivity contribution in [2.24, 2.45) is 11.8 Å². The second-order valence-electron chi connectivity index (χ2n) is 12.2. The highest BCUT2D eigenvalue weighted by atomic mass is 35.5. The Labute approximate surface area is 236 Å². The molecule has 210 valence electrons. The molecule has 2 N–H and O–H groups in total. The van der Waals surface area contributed by atoms with E-state index in [1.165, 1.54) is 12.8 Å². The molecule has 0 radical (unpaired) electrons. The molecule has 0 aromatic heterocycles. The lowest BCUT2D eigenvalue weighted by molar-refractivity contribution is -0.144. The van der Waals surface area contributed by atoms with Crippen molar-refractivity contribution < 1.29 is 19.1 Å². The topological polar surface area (TPSA) is 87.7 Å². The second-order valence-corrected chi connectivity index (χ2v) is 12.6. The van der Waals surface area contributed by atoms with Crippen molar-refractivity contribution in [3.05, 3.63) is 40.9 Å². The van der Waals surface area contributed by atoms with E-state index < -0.39 is 29.6 Å². The third-order valence-corrected chi connectivity index (χ3v) is 10.1. The number of nitrogens with one attached hydrogen (secondary N) is 2. The predicted molar refractivity (Wildman–Crippen MR) is 150 cm³/mol. The summed E-state index contributed by atoms with van der Waals surface area (Å²) >= 11 is 6.30. The summed E-state index contributed by atoms with van der Waals surface area (Å²) in [5, 5.41) is 6.85.